The van der Waals surface area contributed by atoms with Gasteiger partial charge in [0.05, 0.1) is 11.3 Å². The Morgan fingerprint density at radius 2 is 1.86 bits per heavy atom. The Morgan fingerprint density at radius 1 is 1.19 bits per heavy atom. The number of anilines is 1. The van der Waals surface area contributed by atoms with Crippen LogP contribution in [0.5, 0.6) is 0 Å². The lowest BCUT2D eigenvalue weighted by Crippen LogP contribution is -2.38. The minimum atomic E-state index is -4.37. The molecule has 1 saturated carbocycles. The largest absolute Gasteiger partial charge is 0.416 e. The van der Waals surface area contributed by atoms with Crippen LogP contribution in [0.4, 0.5) is 18.9 Å². The maximum absolute atomic E-state index is 12.7. The van der Waals surface area contributed by atoms with Crippen LogP contribution in [0.1, 0.15) is 37.7 Å². The van der Waals surface area contributed by atoms with Gasteiger partial charge in [-0.05, 0) is 59.2 Å². The summed E-state index contributed by atoms with van der Waals surface area (Å²) in [5, 5.41) is 6.38. The van der Waals surface area contributed by atoms with Gasteiger partial charge in [0.2, 0.25) is 0 Å². The van der Waals surface area contributed by atoms with Gasteiger partial charge < -0.3 is 10.6 Å². The number of hydrogen-bond donors (Lipinski definition) is 2. The molecule has 0 saturated heterocycles. The molecule has 2 N–H and O–H groups in total. The molecular weight excluding hydrogens is 365 g/mol. The van der Waals surface area contributed by atoms with E-state index in [0.29, 0.717) is 21.3 Å². The number of rotatable bonds is 2. The van der Waals surface area contributed by atoms with E-state index in [1.54, 1.807) is 0 Å². The Labute approximate surface area is 135 Å². The zero-order valence-electron chi connectivity index (χ0n) is 11.3. The van der Waals surface area contributed by atoms with Gasteiger partial charge in [-0.3, -0.25) is 0 Å². The molecule has 0 amide bonds. The number of benzene rings is 1. The molecule has 0 bridgehead atoms. The molecule has 1 aromatic carbocycles. The van der Waals surface area contributed by atoms with Crippen LogP contribution in [0.2, 0.25) is 0 Å². The zero-order valence-corrected chi connectivity index (χ0v) is 13.7. The van der Waals surface area contributed by atoms with E-state index >= 15 is 0 Å². The third-order valence-electron chi connectivity index (χ3n) is 3.48. The van der Waals surface area contributed by atoms with Crippen LogP contribution in [-0.4, -0.2) is 11.2 Å². The Kier molecular flexibility index (Phi) is 5.48. The molecular formula is C14H16BrF3N2S. The van der Waals surface area contributed by atoms with E-state index in [2.05, 4.69) is 26.6 Å². The monoisotopic (exact) mass is 380 g/mol. The standard InChI is InChI=1S/C14H16BrF3N2S/c15-11-7-6-9(14(16,17)18)8-12(11)20-13(21)19-10-4-2-1-3-5-10/h6-8,10H,1-5H2,(H2,19,20,21). The van der Waals surface area contributed by atoms with E-state index in [1.165, 1.54) is 12.5 Å². The SMILES string of the molecule is FC(F)(F)c1ccc(Br)c(NC(=S)NC2CCCCC2)c1. The minimum absolute atomic E-state index is 0.309. The highest BCUT2D eigenvalue weighted by molar-refractivity contribution is 9.10. The van der Waals surface area contributed by atoms with Gasteiger partial charge in [0.1, 0.15) is 0 Å². The molecule has 0 atom stereocenters. The molecule has 21 heavy (non-hydrogen) atoms. The topological polar surface area (TPSA) is 24.1 Å². The summed E-state index contributed by atoms with van der Waals surface area (Å²) in [5.74, 6) is 0. The molecule has 0 radical (unpaired) electrons. The molecule has 0 spiro atoms. The predicted molar refractivity (Wildman–Crippen MR) is 85.4 cm³/mol. The van der Waals surface area contributed by atoms with E-state index in [0.717, 1.165) is 37.8 Å². The summed E-state index contributed by atoms with van der Waals surface area (Å²) in [6, 6.07) is 3.77. The van der Waals surface area contributed by atoms with Crippen molar-refractivity contribution in [2.45, 2.75) is 44.3 Å². The van der Waals surface area contributed by atoms with Crippen LogP contribution in [-0.2, 0) is 6.18 Å². The van der Waals surface area contributed by atoms with Crippen molar-refractivity contribution in [2.75, 3.05) is 5.32 Å². The summed E-state index contributed by atoms with van der Waals surface area (Å²) in [6.07, 6.45) is 1.28. The van der Waals surface area contributed by atoms with Crippen molar-refractivity contribution >= 4 is 38.9 Å². The lowest BCUT2D eigenvalue weighted by molar-refractivity contribution is -0.137. The second-order valence-electron chi connectivity index (χ2n) is 5.13. The van der Waals surface area contributed by atoms with Crippen molar-refractivity contribution in [3.05, 3.63) is 28.2 Å². The maximum atomic E-state index is 12.7. The zero-order chi connectivity index (χ0) is 15.5. The van der Waals surface area contributed by atoms with E-state index < -0.39 is 11.7 Å². The van der Waals surface area contributed by atoms with E-state index in [1.807, 2.05) is 0 Å². The number of hydrogen-bond acceptors (Lipinski definition) is 1. The fourth-order valence-electron chi connectivity index (χ4n) is 2.39. The van der Waals surface area contributed by atoms with Gasteiger partial charge in [0.15, 0.2) is 5.11 Å². The molecule has 0 unspecified atom stereocenters. The first-order valence-electron chi connectivity index (χ1n) is 6.80. The van der Waals surface area contributed by atoms with Gasteiger partial charge in [-0.1, -0.05) is 19.3 Å². The molecule has 0 heterocycles. The molecule has 116 valence electrons. The summed E-state index contributed by atoms with van der Waals surface area (Å²) in [7, 11) is 0. The third-order valence-corrected chi connectivity index (χ3v) is 4.39. The quantitative estimate of drug-likeness (QED) is 0.698. The smallest absolute Gasteiger partial charge is 0.360 e. The third kappa shape index (κ3) is 4.85. The van der Waals surface area contributed by atoms with Crippen molar-refractivity contribution in [3.8, 4) is 0 Å². The summed E-state index contributed by atoms with van der Waals surface area (Å²) in [4.78, 5) is 0. The first kappa shape index (κ1) is 16.5. The molecule has 0 aliphatic heterocycles. The molecule has 1 aliphatic carbocycles. The van der Waals surface area contributed by atoms with Crippen LogP contribution in [0.3, 0.4) is 0 Å². The van der Waals surface area contributed by atoms with Crippen LogP contribution in [0, 0.1) is 0 Å². The highest BCUT2D eigenvalue weighted by Gasteiger charge is 2.31. The molecule has 2 nitrogen and oxygen atoms in total. The number of halogens is 4. The summed E-state index contributed by atoms with van der Waals surface area (Å²) >= 11 is 8.42. The van der Waals surface area contributed by atoms with Crippen LogP contribution in [0.25, 0.3) is 0 Å². The minimum Gasteiger partial charge on any atom is -0.360 e. The van der Waals surface area contributed by atoms with Crippen LogP contribution in [0.15, 0.2) is 22.7 Å². The lowest BCUT2D eigenvalue weighted by atomic mass is 9.96. The van der Waals surface area contributed by atoms with Gasteiger partial charge in [0, 0.05) is 10.5 Å². The van der Waals surface area contributed by atoms with Crippen LogP contribution >= 0.6 is 28.1 Å². The first-order chi connectivity index (χ1) is 9.86. The predicted octanol–water partition coefficient (Wildman–Crippen LogP) is 5.09. The first-order valence-corrected chi connectivity index (χ1v) is 8.00. The summed E-state index contributed by atoms with van der Waals surface area (Å²) < 4.78 is 38.7. The highest BCUT2D eigenvalue weighted by Crippen LogP contribution is 2.34. The van der Waals surface area contributed by atoms with Gasteiger partial charge in [-0.15, -0.1) is 0 Å². The van der Waals surface area contributed by atoms with Gasteiger partial charge >= 0.3 is 6.18 Å². The highest BCUT2D eigenvalue weighted by atomic mass is 79.9. The Hall–Kier alpha value is -0.820. The van der Waals surface area contributed by atoms with Crippen molar-refractivity contribution < 1.29 is 13.2 Å². The fraction of sp³-hybridized carbons (Fsp3) is 0.500. The Bertz CT molecular complexity index is 513. The Balaban J connectivity index is 2.02. The van der Waals surface area contributed by atoms with Crippen molar-refractivity contribution in [1.29, 1.82) is 0 Å². The molecule has 1 aromatic rings. The fourth-order valence-corrected chi connectivity index (χ4v) is 3.01. The van der Waals surface area contributed by atoms with E-state index in [4.69, 9.17) is 12.2 Å². The van der Waals surface area contributed by atoms with Crippen molar-refractivity contribution in [1.82, 2.24) is 5.32 Å². The maximum Gasteiger partial charge on any atom is 0.416 e. The average Bonchev–Trinajstić information content (AvgIpc) is 2.41. The van der Waals surface area contributed by atoms with Crippen molar-refractivity contribution in [3.63, 3.8) is 0 Å². The lowest BCUT2D eigenvalue weighted by Gasteiger charge is -2.24. The normalized spacial score (nSPS) is 16.6. The average molecular weight is 381 g/mol. The molecule has 7 heteroatoms. The number of thiocarbonyl (C=S) groups is 1. The van der Waals surface area contributed by atoms with E-state index in [9.17, 15) is 13.2 Å². The molecule has 1 aliphatic rings. The second-order valence-corrected chi connectivity index (χ2v) is 6.39. The van der Waals surface area contributed by atoms with Gasteiger partial charge in [-0.2, -0.15) is 13.2 Å². The number of nitrogens with one attached hydrogen (secondary N) is 2. The van der Waals surface area contributed by atoms with Gasteiger partial charge in [-0.25, -0.2) is 0 Å². The molecule has 0 aromatic heterocycles. The second kappa shape index (κ2) is 6.96. The van der Waals surface area contributed by atoms with Crippen molar-refractivity contribution in [2.24, 2.45) is 0 Å². The molecule has 1 fully saturated rings. The Morgan fingerprint density at radius 3 is 2.48 bits per heavy atom. The summed E-state index contributed by atoms with van der Waals surface area (Å²) in [5.41, 5.74) is -0.383. The molecule has 2 rings (SSSR count). The van der Waals surface area contributed by atoms with E-state index in [-0.39, 0.29) is 0 Å². The summed E-state index contributed by atoms with van der Waals surface area (Å²) in [6.45, 7) is 0. The number of alkyl halides is 3. The van der Waals surface area contributed by atoms with Gasteiger partial charge in [0.25, 0.3) is 0 Å². The van der Waals surface area contributed by atoms with Crippen LogP contribution < -0.4 is 10.6 Å².